The Morgan fingerprint density at radius 1 is 0.316 bits per heavy atom. The molecule has 0 fully saturated rings. The lowest BCUT2D eigenvalue weighted by Crippen LogP contribution is -2.10. The van der Waals surface area contributed by atoms with E-state index >= 15 is 0 Å². The van der Waals surface area contributed by atoms with Gasteiger partial charge in [0, 0.05) is 39.1 Å². The Kier molecular flexibility index (Phi) is 15.4. The maximum atomic E-state index is 3.30. The second-order valence-electron chi connectivity index (χ2n) is 13.7. The van der Waals surface area contributed by atoms with E-state index in [9.17, 15) is 0 Å². The van der Waals surface area contributed by atoms with Gasteiger partial charge in [-0.25, -0.2) is 0 Å². The Labute approximate surface area is 379 Å². The third-order valence-electron chi connectivity index (χ3n) is 9.48. The molecule has 8 rings (SSSR count). The van der Waals surface area contributed by atoms with Crippen molar-refractivity contribution < 1.29 is 0 Å². The van der Waals surface area contributed by atoms with Crippen molar-refractivity contribution in [2.24, 2.45) is 0 Å². The first-order valence-electron chi connectivity index (χ1n) is 18.8. The zero-order valence-electron chi connectivity index (χ0n) is 32.6. The van der Waals surface area contributed by atoms with E-state index in [4.69, 9.17) is 0 Å². The van der Waals surface area contributed by atoms with Crippen LogP contribution in [0.2, 0.25) is 0 Å². The molecule has 8 aromatic rings. The molecule has 284 valence electrons. The van der Waals surface area contributed by atoms with Crippen LogP contribution >= 0.6 is 67.8 Å². The number of anilines is 5. The summed E-state index contributed by atoms with van der Waals surface area (Å²) in [5, 5.41) is 3.30. The van der Waals surface area contributed by atoms with Gasteiger partial charge in [-0.2, -0.15) is 0 Å². The SMILES string of the molecule is Cc1cc(I)ccc1-c1ccc(I)cc1C.Cc1cc(I)ccc1-c1ccc(N(c2ccccc2)c2ccccc2)cc1C.c1ccc(Nc2ccccc2)cc1. The van der Waals surface area contributed by atoms with Gasteiger partial charge in [-0.3, -0.25) is 0 Å². The number of hydrogen-bond donors (Lipinski definition) is 1. The molecule has 5 heteroatoms. The van der Waals surface area contributed by atoms with Crippen molar-refractivity contribution in [3.05, 3.63) is 227 Å². The molecular formula is C52H45I3N2. The number of benzene rings is 8. The van der Waals surface area contributed by atoms with Gasteiger partial charge in [0.15, 0.2) is 0 Å². The molecule has 0 amide bonds. The largest absolute Gasteiger partial charge is 0.356 e. The summed E-state index contributed by atoms with van der Waals surface area (Å²) in [5.41, 5.74) is 16.3. The molecular weight excluding hydrogens is 1030 g/mol. The van der Waals surface area contributed by atoms with Crippen molar-refractivity contribution in [3.63, 3.8) is 0 Å². The summed E-state index contributed by atoms with van der Waals surface area (Å²) in [4.78, 5) is 2.30. The minimum absolute atomic E-state index is 1.12. The normalized spacial score (nSPS) is 10.4. The van der Waals surface area contributed by atoms with Gasteiger partial charge in [-0.1, -0.05) is 97.1 Å². The molecule has 0 unspecified atom stereocenters. The third kappa shape index (κ3) is 11.8. The summed E-state index contributed by atoms with van der Waals surface area (Å²) in [6.07, 6.45) is 0. The van der Waals surface area contributed by atoms with E-state index in [0.717, 1.165) is 22.7 Å². The van der Waals surface area contributed by atoms with Gasteiger partial charge in [0.25, 0.3) is 0 Å². The lowest BCUT2D eigenvalue weighted by molar-refractivity contribution is 1.27. The van der Waals surface area contributed by atoms with Gasteiger partial charge in [0.05, 0.1) is 0 Å². The molecule has 0 aliphatic rings. The van der Waals surface area contributed by atoms with E-state index in [1.165, 1.54) is 60.9 Å². The Morgan fingerprint density at radius 2 is 0.614 bits per heavy atom. The average molecular weight is 1080 g/mol. The summed E-state index contributed by atoms with van der Waals surface area (Å²) >= 11 is 7.08. The molecule has 0 spiro atoms. The minimum Gasteiger partial charge on any atom is -0.356 e. The molecule has 0 heterocycles. The number of aryl methyl sites for hydroxylation is 4. The summed E-state index contributed by atoms with van der Waals surface area (Å²) in [6.45, 7) is 8.74. The number of halogens is 3. The van der Waals surface area contributed by atoms with Crippen LogP contribution in [-0.4, -0.2) is 0 Å². The van der Waals surface area contributed by atoms with E-state index in [1.54, 1.807) is 0 Å². The van der Waals surface area contributed by atoms with Crippen molar-refractivity contribution in [2.45, 2.75) is 27.7 Å². The van der Waals surface area contributed by atoms with Gasteiger partial charge in [0.1, 0.15) is 0 Å². The lowest BCUT2D eigenvalue weighted by atomic mass is 9.96. The lowest BCUT2D eigenvalue weighted by Gasteiger charge is -2.26. The van der Waals surface area contributed by atoms with E-state index in [-0.39, 0.29) is 0 Å². The summed E-state index contributed by atoms with van der Waals surface area (Å²) in [7, 11) is 0. The monoisotopic (exact) mass is 1080 g/mol. The molecule has 0 atom stereocenters. The number of hydrogen-bond acceptors (Lipinski definition) is 2. The summed E-state index contributed by atoms with van der Waals surface area (Å²) < 4.78 is 3.86. The van der Waals surface area contributed by atoms with Crippen LogP contribution in [0, 0.1) is 38.4 Å². The quantitative estimate of drug-likeness (QED) is 0.160. The molecule has 0 aliphatic heterocycles. The van der Waals surface area contributed by atoms with Crippen molar-refractivity contribution in [2.75, 3.05) is 10.2 Å². The molecule has 2 nitrogen and oxygen atoms in total. The van der Waals surface area contributed by atoms with Gasteiger partial charge >= 0.3 is 0 Å². The number of nitrogens with zero attached hydrogens (tertiary/aromatic N) is 1. The fraction of sp³-hybridized carbons (Fsp3) is 0.0769. The van der Waals surface area contributed by atoms with Crippen LogP contribution in [0.15, 0.2) is 194 Å². The second kappa shape index (κ2) is 20.8. The highest BCUT2D eigenvalue weighted by molar-refractivity contribution is 14.1. The molecule has 0 saturated heterocycles. The first-order chi connectivity index (χ1) is 27.7. The Balaban J connectivity index is 0.000000160. The maximum Gasteiger partial charge on any atom is 0.0464 e. The van der Waals surface area contributed by atoms with Crippen LogP contribution in [0.1, 0.15) is 22.3 Å². The maximum absolute atomic E-state index is 3.30. The molecule has 8 aromatic carbocycles. The predicted octanol–water partition coefficient (Wildman–Crippen LogP) is 16.7. The Hall–Kier alpha value is -4.45. The Bertz CT molecular complexity index is 2380. The summed E-state index contributed by atoms with van der Waals surface area (Å²) in [6, 6.07) is 68.0. The van der Waals surface area contributed by atoms with Crippen LogP contribution in [0.4, 0.5) is 28.4 Å². The van der Waals surface area contributed by atoms with Crippen LogP contribution in [0.25, 0.3) is 22.3 Å². The highest BCUT2D eigenvalue weighted by Gasteiger charge is 2.14. The van der Waals surface area contributed by atoms with Crippen LogP contribution in [-0.2, 0) is 0 Å². The number of nitrogens with one attached hydrogen (secondary N) is 1. The van der Waals surface area contributed by atoms with Crippen molar-refractivity contribution in [1.29, 1.82) is 0 Å². The standard InChI is InChI=1S/C26H22IN.C14H12I2.C12H11N/c1-19-17-21(27)13-15-25(19)26-16-14-24(18-20(26)2)28(22-9-5-3-6-10-22)23-11-7-4-8-12-23;1-9-7-11(15)3-5-13(9)14-6-4-12(16)8-10(14)2;1-3-7-11(8-4-1)13-12-9-5-2-6-10-12/h3-18H,1-2H3;3-8H,1-2H3;1-10,13H. The van der Waals surface area contributed by atoms with Gasteiger partial charge in [0.2, 0.25) is 0 Å². The molecule has 0 aromatic heterocycles. The van der Waals surface area contributed by atoms with Crippen LogP contribution < -0.4 is 10.2 Å². The Morgan fingerprint density at radius 3 is 0.930 bits per heavy atom. The zero-order chi connectivity index (χ0) is 40.1. The number of para-hydroxylation sites is 4. The van der Waals surface area contributed by atoms with Gasteiger partial charge in [-0.15, -0.1) is 0 Å². The second-order valence-corrected chi connectivity index (χ2v) is 17.5. The minimum atomic E-state index is 1.12. The highest BCUT2D eigenvalue weighted by Crippen LogP contribution is 2.37. The van der Waals surface area contributed by atoms with Crippen molar-refractivity contribution >= 4 is 96.2 Å². The van der Waals surface area contributed by atoms with Crippen molar-refractivity contribution in [1.82, 2.24) is 0 Å². The van der Waals surface area contributed by atoms with E-state index in [2.05, 4.69) is 239 Å². The van der Waals surface area contributed by atoms with E-state index < -0.39 is 0 Å². The third-order valence-corrected chi connectivity index (χ3v) is 11.5. The van der Waals surface area contributed by atoms with Gasteiger partial charge in [-0.05, 0) is 237 Å². The molecule has 0 aliphatic carbocycles. The number of rotatable bonds is 7. The first-order valence-corrected chi connectivity index (χ1v) is 22.1. The van der Waals surface area contributed by atoms with E-state index in [0.29, 0.717) is 0 Å². The average Bonchev–Trinajstić information content (AvgIpc) is 3.21. The molecule has 0 radical (unpaired) electrons. The molecule has 1 N–H and O–H groups in total. The van der Waals surface area contributed by atoms with Crippen LogP contribution in [0.5, 0.6) is 0 Å². The van der Waals surface area contributed by atoms with Gasteiger partial charge < -0.3 is 10.2 Å². The summed E-state index contributed by atoms with van der Waals surface area (Å²) in [5.74, 6) is 0. The van der Waals surface area contributed by atoms with Crippen LogP contribution in [0.3, 0.4) is 0 Å². The molecule has 0 saturated carbocycles. The topological polar surface area (TPSA) is 15.3 Å². The molecule has 57 heavy (non-hydrogen) atoms. The smallest absolute Gasteiger partial charge is 0.0464 e. The molecule has 0 bridgehead atoms. The van der Waals surface area contributed by atoms with E-state index in [1.807, 2.05) is 60.7 Å². The fourth-order valence-electron chi connectivity index (χ4n) is 6.69. The van der Waals surface area contributed by atoms with Crippen molar-refractivity contribution in [3.8, 4) is 22.3 Å². The fourth-order valence-corrected chi connectivity index (χ4v) is 8.63. The highest BCUT2D eigenvalue weighted by atomic mass is 127. The zero-order valence-corrected chi connectivity index (χ0v) is 39.0. The first kappa shape index (κ1) is 42.2. The predicted molar refractivity (Wildman–Crippen MR) is 272 cm³/mol.